The molecule has 0 aliphatic carbocycles. The van der Waals surface area contributed by atoms with Crippen LogP contribution in [-0.4, -0.2) is 66.7 Å². The van der Waals surface area contributed by atoms with Crippen LogP contribution in [0.1, 0.15) is 41.4 Å². The van der Waals surface area contributed by atoms with Crippen LogP contribution in [0.25, 0.3) is 10.9 Å². The molecule has 2 N–H and O–H groups in total. The summed E-state index contributed by atoms with van der Waals surface area (Å²) in [4.78, 5) is 25.2. The number of hydrogen-bond acceptors (Lipinski definition) is 5. The number of aromatic nitrogens is 2. The molecular weight excluding hydrogens is 463 g/mol. The first-order valence-electron chi connectivity index (χ1n) is 11.3. The van der Waals surface area contributed by atoms with E-state index in [1.165, 1.54) is 17.5 Å². The van der Waals surface area contributed by atoms with Gasteiger partial charge in [0.15, 0.2) is 5.13 Å². The third-order valence-corrected chi connectivity index (χ3v) is 6.58. The molecule has 3 aromatic rings. The maximum absolute atomic E-state index is 13.0. The van der Waals surface area contributed by atoms with Crippen molar-refractivity contribution in [2.24, 2.45) is 0 Å². The highest BCUT2D eigenvalue weighted by Gasteiger charge is 2.27. The molecule has 0 aliphatic rings. The fraction of sp³-hybridized carbons (Fsp3) is 0.500. The number of anilines is 1. The molecule has 0 spiro atoms. The summed E-state index contributed by atoms with van der Waals surface area (Å²) in [7, 11) is 3.99. The van der Waals surface area contributed by atoms with Crippen molar-refractivity contribution in [1.82, 2.24) is 20.2 Å². The van der Waals surface area contributed by atoms with Crippen LogP contribution in [0.15, 0.2) is 24.5 Å². The van der Waals surface area contributed by atoms with Crippen LogP contribution < -0.4 is 10.2 Å². The Morgan fingerprint density at radius 2 is 2.12 bits per heavy atom. The summed E-state index contributed by atoms with van der Waals surface area (Å²) >= 11 is 1.29. The average molecular weight is 494 g/mol. The molecule has 1 atom stereocenters. The van der Waals surface area contributed by atoms with Gasteiger partial charge in [-0.1, -0.05) is 23.5 Å². The summed E-state index contributed by atoms with van der Waals surface area (Å²) in [6, 6.07) is 9.10. The van der Waals surface area contributed by atoms with Crippen LogP contribution >= 0.6 is 11.3 Å². The van der Waals surface area contributed by atoms with Crippen LogP contribution in [0, 0.1) is 12.1 Å². The zero-order valence-electron chi connectivity index (χ0n) is 19.6. The molecule has 0 aliphatic heterocycles. The number of amides is 1. The lowest BCUT2D eigenvalue weighted by Crippen LogP contribution is -2.36. The molecule has 1 amide bonds. The second kappa shape index (κ2) is 11.6. The van der Waals surface area contributed by atoms with E-state index in [0.717, 1.165) is 41.2 Å². The summed E-state index contributed by atoms with van der Waals surface area (Å²) in [5.41, 5.74) is 1.76. The van der Waals surface area contributed by atoms with Gasteiger partial charge in [0.05, 0.1) is 17.1 Å². The van der Waals surface area contributed by atoms with Crippen LogP contribution in [0.2, 0.25) is 0 Å². The van der Waals surface area contributed by atoms with Gasteiger partial charge in [0.2, 0.25) is 0 Å². The van der Waals surface area contributed by atoms with Crippen molar-refractivity contribution in [2.75, 3.05) is 38.6 Å². The lowest BCUT2D eigenvalue weighted by Gasteiger charge is -2.21. The summed E-state index contributed by atoms with van der Waals surface area (Å²) < 4.78 is 38.2. The van der Waals surface area contributed by atoms with Crippen molar-refractivity contribution in [1.29, 1.82) is 0 Å². The van der Waals surface area contributed by atoms with E-state index < -0.39 is 18.6 Å². The van der Waals surface area contributed by atoms with Gasteiger partial charge in [0.1, 0.15) is 4.88 Å². The number of rotatable bonds is 12. The summed E-state index contributed by atoms with van der Waals surface area (Å²) in [5.74, 6) is -0.320. The fourth-order valence-corrected chi connectivity index (χ4v) is 4.59. The number of halogens is 3. The van der Waals surface area contributed by atoms with Crippen LogP contribution in [0.4, 0.5) is 18.3 Å². The molecule has 0 fully saturated rings. The lowest BCUT2D eigenvalue weighted by molar-refractivity contribution is -0.135. The highest BCUT2D eigenvalue weighted by molar-refractivity contribution is 7.17. The Morgan fingerprint density at radius 3 is 2.82 bits per heavy atom. The van der Waals surface area contributed by atoms with Crippen molar-refractivity contribution < 1.29 is 18.0 Å². The molecule has 184 valence electrons. The topological polar surface area (TPSA) is 64.3 Å². The van der Waals surface area contributed by atoms with Crippen LogP contribution in [-0.2, 0) is 6.42 Å². The molecule has 3 rings (SSSR count). The summed E-state index contributed by atoms with van der Waals surface area (Å²) in [6.07, 6.45) is -1.20. The Morgan fingerprint density at radius 1 is 1.32 bits per heavy atom. The Labute approximate surface area is 202 Å². The van der Waals surface area contributed by atoms with E-state index in [-0.39, 0.29) is 18.7 Å². The van der Waals surface area contributed by atoms with Crippen LogP contribution in [0.3, 0.4) is 0 Å². The van der Waals surface area contributed by atoms with Gasteiger partial charge >= 0.3 is 6.18 Å². The first-order valence-corrected chi connectivity index (χ1v) is 12.1. The first-order chi connectivity index (χ1) is 16.2. The number of alkyl halides is 3. The second-order valence-electron chi connectivity index (χ2n) is 8.48. The van der Waals surface area contributed by atoms with E-state index in [1.807, 2.05) is 33.3 Å². The third-order valence-electron chi connectivity index (χ3n) is 5.52. The highest BCUT2D eigenvalue weighted by Crippen LogP contribution is 2.26. The van der Waals surface area contributed by atoms with Crippen molar-refractivity contribution >= 4 is 33.3 Å². The molecule has 0 bridgehead atoms. The van der Waals surface area contributed by atoms with Gasteiger partial charge in [0, 0.05) is 38.3 Å². The Hall–Kier alpha value is -2.77. The van der Waals surface area contributed by atoms with E-state index >= 15 is 0 Å². The number of likely N-dealkylation sites (N-methyl/N-ethyl adjacent to an activating group) is 2. The van der Waals surface area contributed by atoms with Crippen molar-refractivity contribution in [3.63, 3.8) is 0 Å². The molecule has 34 heavy (non-hydrogen) atoms. The smallest absolute Gasteiger partial charge is 0.360 e. The molecule has 2 heterocycles. The Bertz CT molecular complexity index is 1060. The Kier molecular flexibility index (Phi) is 8.80. The predicted octanol–water partition coefficient (Wildman–Crippen LogP) is 4.69. The van der Waals surface area contributed by atoms with E-state index in [1.54, 1.807) is 6.07 Å². The van der Waals surface area contributed by atoms with E-state index in [2.05, 4.69) is 37.2 Å². The third kappa shape index (κ3) is 7.37. The zero-order chi connectivity index (χ0) is 24.7. The lowest BCUT2D eigenvalue weighted by atomic mass is 10.0. The van der Waals surface area contributed by atoms with Gasteiger partial charge in [-0.25, -0.2) is 4.98 Å². The molecule has 0 saturated carbocycles. The number of carbonyl (C=O) groups is 1. The fourth-order valence-electron chi connectivity index (χ4n) is 3.68. The summed E-state index contributed by atoms with van der Waals surface area (Å²) in [5, 5.41) is 4.53. The number of fused-ring (bicyclic) bond motifs is 1. The summed E-state index contributed by atoms with van der Waals surface area (Å²) in [6.45, 7) is 4.43. The minimum atomic E-state index is -4.22. The number of thiazole rings is 1. The number of carbonyl (C=O) groups excluding carboxylic acids is 1. The van der Waals surface area contributed by atoms with Crippen molar-refractivity contribution in [2.45, 2.75) is 44.8 Å². The van der Waals surface area contributed by atoms with Crippen molar-refractivity contribution in [3.8, 4) is 0 Å². The van der Waals surface area contributed by atoms with Crippen molar-refractivity contribution in [3.05, 3.63) is 47.1 Å². The molecule has 6 nitrogen and oxygen atoms in total. The molecule has 0 radical (unpaired) electrons. The van der Waals surface area contributed by atoms with Gasteiger partial charge in [-0.3, -0.25) is 4.79 Å². The molecule has 2 aromatic heterocycles. The van der Waals surface area contributed by atoms with E-state index in [0.29, 0.717) is 11.3 Å². The average Bonchev–Trinajstić information content (AvgIpc) is 3.41. The highest BCUT2D eigenvalue weighted by atomic mass is 32.1. The molecule has 0 saturated heterocycles. The number of nitrogens with zero attached hydrogens (tertiary/aromatic N) is 3. The quantitative estimate of drug-likeness (QED) is 0.384. The zero-order valence-corrected chi connectivity index (χ0v) is 20.4. The molecule has 1 aromatic carbocycles. The largest absolute Gasteiger partial charge is 0.389 e. The van der Waals surface area contributed by atoms with Gasteiger partial charge < -0.3 is 20.1 Å². The van der Waals surface area contributed by atoms with Crippen LogP contribution in [0.5, 0.6) is 0 Å². The Balaban J connectivity index is 1.71. The normalized spacial score (nSPS) is 12.7. The number of H-pyrrole nitrogens is 1. The van der Waals surface area contributed by atoms with Gasteiger partial charge in [-0.05, 0) is 58.0 Å². The number of nitrogens with one attached hydrogen (secondary N) is 2. The molecular formula is C24H30F3N5OS. The minimum absolute atomic E-state index is 0.0608. The van der Waals surface area contributed by atoms with E-state index in [4.69, 9.17) is 0 Å². The van der Waals surface area contributed by atoms with Gasteiger partial charge in [0.25, 0.3) is 5.91 Å². The minimum Gasteiger partial charge on any atom is -0.360 e. The van der Waals surface area contributed by atoms with Gasteiger partial charge in [-0.2, -0.15) is 13.2 Å². The monoisotopic (exact) mass is 493 g/mol. The van der Waals surface area contributed by atoms with Gasteiger partial charge in [-0.15, -0.1) is 0 Å². The maximum atomic E-state index is 13.0. The first kappa shape index (κ1) is 25.8. The number of hydrogen-bond donors (Lipinski definition) is 2. The number of aromatic amines is 1. The predicted molar refractivity (Wildman–Crippen MR) is 129 cm³/mol. The molecule has 1 unspecified atom stereocenters. The standard InChI is InChI=1S/C24H30F3N5OS/c1-4-32(13-12-31(2)3)23-29-16-21(34-23)22(33)30-18(8-7-11-24(25,26)27)14-17-15-28-20-10-6-5-9-19(17)20/h6,10,15-16,18,28H,4,7-8,11-14H2,1-3H3,(H,30,33). The molecule has 10 heteroatoms. The van der Waals surface area contributed by atoms with E-state index in [9.17, 15) is 18.0 Å². The maximum Gasteiger partial charge on any atom is 0.389 e. The second-order valence-corrected chi connectivity index (χ2v) is 9.49. The SMILES string of the molecule is CCN(CCN(C)C)c1ncc(C(=O)NC(CCCC(F)(F)F)Cc2c[nH]c3ccc#cc23)s1.